The Morgan fingerprint density at radius 1 is 0.923 bits per heavy atom. The first kappa shape index (κ1) is 37.8. The zero-order valence-corrected chi connectivity index (χ0v) is 31.0. The zero-order chi connectivity index (χ0) is 37.3. The van der Waals surface area contributed by atoms with Gasteiger partial charge in [-0.15, -0.1) is 23.1 Å². The first-order valence-electron chi connectivity index (χ1n) is 16.7. The smallest absolute Gasteiger partial charge is 0.410 e. The van der Waals surface area contributed by atoms with Crippen LogP contribution in [0.15, 0.2) is 95.5 Å². The van der Waals surface area contributed by atoms with E-state index in [4.69, 9.17) is 9.47 Å². The lowest BCUT2D eigenvalue weighted by atomic mass is 10.0. The van der Waals surface area contributed by atoms with E-state index in [9.17, 15) is 24.0 Å². The van der Waals surface area contributed by atoms with Crippen molar-refractivity contribution in [2.75, 3.05) is 29.5 Å². The summed E-state index contributed by atoms with van der Waals surface area (Å²) in [5.41, 5.74) is 2.09. The van der Waals surface area contributed by atoms with Gasteiger partial charge < -0.3 is 30.3 Å². The number of thioether (sulfide) groups is 1. The Balaban J connectivity index is 1.25. The highest BCUT2D eigenvalue weighted by molar-refractivity contribution is 8.00. The van der Waals surface area contributed by atoms with Gasteiger partial charge in [-0.2, -0.15) is 0 Å². The number of thiophene rings is 1. The molecule has 3 aromatic carbocycles. The summed E-state index contributed by atoms with van der Waals surface area (Å²) in [6.07, 6.45) is 1.58. The van der Waals surface area contributed by atoms with Gasteiger partial charge in [-0.05, 0) is 81.7 Å². The molecule has 4 amide bonds. The summed E-state index contributed by atoms with van der Waals surface area (Å²) in [6, 6.07) is 24.8. The first-order chi connectivity index (χ1) is 24.9. The minimum Gasteiger partial charge on any atom is -0.462 e. The normalized spacial score (nSPS) is 12.7. The lowest BCUT2D eigenvalue weighted by Crippen LogP contribution is -2.39. The molecule has 13 heteroatoms. The summed E-state index contributed by atoms with van der Waals surface area (Å²) in [5.74, 6) is -1.81. The third-order valence-electron chi connectivity index (χ3n) is 7.54. The number of anilines is 2. The Bertz CT molecular complexity index is 1970. The van der Waals surface area contributed by atoms with Crippen LogP contribution in [-0.4, -0.2) is 59.2 Å². The van der Waals surface area contributed by atoms with Crippen LogP contribution in [0, 0.1) is 0 Å². The Kier molecular flexibility index (Phi) is 12.5. The maximum absolute atomic E-state index is 13.5. The molecule has 0 radical (unpaired) electrons. The molecule has 5 rings (SSSR count). The standard InChI is InChI=1S/C39H40N4O7S2/c1-5-49-37(47)33-29-19-20-43(38(48)50-39(2,3)4)23-31(29)52-36(33)42-32(44)24-51-28-18-12-17-27(22-28)40-35(46)30(21-25-13-8-6-9-14-25)41-34(45)26-15-10-7-11-16-26/h6-18,21-22H,5,19-20,23-24H2,1-4H3,(H,40,46)(H,41,45)(H,42,44)/b30-21-. The summed E-state index contributed by atoms with van der Waals surface area (Å²) in [7, 11) is 0. The van der Waals surface area contributed by atoms with E-state index < -0.39 is 29.5 Å². The van der Waals surface area contributed by atoms with E-state index in [1.807, 2.05) is 36.4 Å². The molecular weight excluding hydrogens is 701 g/mol. The molecule has 0 unspecified atom stereocenters. The second-order valence-electron chi connectivity index (χ2n) is 12.7. The number of amides is 4. The fraction of sp³-hybridized carbons (Fsp3) is 0.256. The highest BCUT2D eigenvalue weighted by atomic mass is 32.2. The average Bonchev–Trinajstić information content (AvgIpc) is 3.47. The van der Waals surface area contributed by atoms with Crippen LogP contribution < -0.4 is 16.0 Å². The Morgan fingerprint density at radius 3 is 2.33 bits per heavy atom. The Labute approximate surface area is 310 Å². The maximum atomic E-state index is 13.5. The van der Waals surface area contributed by atoms with Gasteiger partial charge in [-0.3, -0.25) is 14.4 Å². The van der Waals surface area contributed by atoms with Gasteiger partial charge in [0.2, 0.25) is 5.91 Å². The van der Waals surface area contributed by atoms with E-state index in [1.165, 1.54) is 23.1 Å². The van der Waals surface area contributed by atoms with Crippen LogP contribution >= 0.6 is 23.1 Å². The first-order valence-corrected chi connectivity index (χ1v) is 18.5. The Hall–Kier alpha value is -5.40. The number of carbonyl (C=O) groups is 5. The molecule has 1 aromatic heterocycles. The van der Waals surface area contributed by atoms with E-state index in [0.29, 0.717) is 39.7 Å². The predicted molar refractivity (Wildman–Crippen MR) is 203 cm³/mol. The second-order valence-corrected chi connectivity index (χ2v) is 14.8. The van der Waals surface area contributed by atoms with Crippen molar-refractivity contribution < 1.29 is 33.4 Å². The van der Waals surface area contributed by atoms with Gasteiger partial charge in [0.05, 0.1) is 24.5 Å². The molecule has 1 aliphatic rings. The van der Waals surface area contributed by atoms with Crippen molar-refractivity contribution in [3.05, 3.63) is 118 Å². The summed E-state index contributed by atoms with van der Waals surface area (Å²) >= 11 is 2.49. The van der Waals surface area contributed by atoms with Crippen molar-refractivity contribution in [1.29, 1.82) is 0 Å². The van der Waals surface area contributed by atoms with Crippen LogP contribution in [-0.2, 0) is 32.0 Å². The molecule has 11 nitrogen and oxygen atoms in total. The molecule has 0 saturated carbocycles. The van der Waals surface area contributed by atoms with Crippen LogP contribution in [0.4, 0.5) is 15.5 Å². The van der Waals surface area contributed by atoms with Gasteiger partial charge in [0.25, 0.3) is 11.8 Å². The quantitative estimate of drug-likeness (QED) is 0.0823. The number of fused-ring (bicyclic) bond motifs is 1. The summed E-state index contributed by atoms with van der Waals surface area (Å²) in [5, 5.41) is 8.83. The molecule has 3 N–H and O–H groups in total. The van der Waals surface area contributed by atoms with Crippen molar-refractivity contribution in [3.63, 3.8) is 0 Å². The zero-order valence-electron chi connectivity index (χ0n) is 29.3. The predicted octanol–water partition coefficient (Wildman–Crippen LogP) is 7.36. The number of benzene rings is 3. The molecule has 52 heavy (non-hydrogen) atoms. The van der Waals surface area contributed by atoms with Gasteiger partial charge >= 0.3 is 12.1 Å². The third-order valence-corrected chi connectivity index (χ3v) is 9.67. The van der Waals surface area contributed by atoms with Crippen molar-refractivity contribution in [3.8, 4) is 0 Å². The van der Waals surface area contributed by atoms with Gasteiger partial charge in [-0.1, -0.05) is 54.6 Å². The van der Waals surface area contributed by atoms with Crippen molar-refractivity contribution in [1.82, 2.24) is 10.2 Å². The number of ether oxygens (including phenoxy) is 2. The monoisotopic (exact) mass is 740 g/mol. The molecule has 0 bridgehead atoms. The lowest BCUT2D eigenvalue weighted by Gasteiger charge is -2.30. The fourth-order valence-corrected chi connectivity index (χ4v) is 7.25. The molecule has 0 atom stereocenters. The molecule has 4 aromatic rings. The summed E-state index contributed by atoms with van der Waals surface area (Å²) in [6.45, 7) is 7.92. The van der Waals surface area contributed by atoms with Crippen LogP contribution in [0.5, 0.6) is 0 Å². The van der Waals surface area contributed by atoms with Crippen LogP contribution in [0.2, 0.25) is 0 Å². The van der Waals surface area contributed by atoms with Crippen molar-refractivity contribution in [2.24, 2.45) is 0 Å². The largest absolute Gasteiger partial charge is 0.462 e. The van der Waals surface area contributed by atoms with Crippen LogP contribution in [0.1, 0.15) is 64.4 Å². The number of rotatable bonds is 11. The number of carbonyl (C=O) groups excluding carboxylic acids is 5. The Morgan fingerprint density at radius 2 is 1.63 bits per heavy atom. The van der Waals surface area contributed by atoms with E-state index >= 15 is 0 Å². The highest BCUT2D eigenvalue weighted by Gasteiger charge is 2.32. The molecule has 2 heterocycles. The van der Waals surface area contributed by atoms with E-state index in [1.54, 1.807) is 87.2 Å². The number of nitrogens with zero attached hydrogens (tertiary/aromatic N) is 1. The third kappa shape index (κ3) is 10.3. The number of esters is 1. The molecule has 0 aliphatic carbocycles. The van der Waals surface area contributed by atoms with Gasteiger partial charge in [0, 0.05) is 27.6 Å². The summed E-state index contributed by atoms with van der Waals surface area (Å²) in [4.78, 5) is 68.5. The summed E-state index contributed by atoms with van der Waals surface area (Å²) < 4.78 is 10.9. The van der Waals surface area contributed by atoms with Crippen molar-refractivity contribution in [2.45, 2.75) is 51.2 Å². The van der Waals surface area contributed by atoms with Gasteiger partial charge in [0.1, 0.15) is 16.3 Å². The average molecular weight is 741 g/mol. The van der Waals surface area contributed by atoms with E-state index in [2.05, 4.69) is 16.0 Å². The number of hydrogen-bond donors (Lipinski definition) is 3. The molecule has 270 valence electrons. The van der Waals surface area contributed by atoms with Gasteiger partial charge in [-0.25, -0.2) is 9.59 Å². The van der Waals surface area contributed by atoms with Crippen LogP contribution in [0.3, 0.4) is 0 Å². The molecule has 0 saturated heterocycles. The fourth-order valence-electron chi connectivity index (χ4n) is 5.23. The van der Waals surface area contributed by atoms with Gasteiger partial charge in [0.15, 0.2) is 0 Å². The molecule has 0 spiro atoms. The number of nitrogens with one attached hydrogen (secondary N) is 3. The van der Waals surface area contributed by atoms with E-state index in [0.717, 1.165) is 16.0 Å². The minimum atomic E-state index is -0.646. The lowest BCUT2D eigenvalue weighted by molar-refractivity contribution is -0.114. The van der Waals surface area contributed by atoms with E-state index in [-0.39, 0.29) is 30.5 Å². The molecule has 0 fully saturated rings. The SMILES string of the molecule is CCOC(=O)c1c(NC(=O)CSc2cccc(NC(=O)/C(=C/c3ccccc3)NC(=O)c3ccccc3)c2)sc2c1CCN(C(=O)OC(C)(C)C)C2. The highest BCUT2D eigenvalue weighted by Crippen LogP contribution is 2.38. The maximum Gasteiger partial charge on any atom is 0.410 e. The minimum absolute atomic E-state index is 0.0125. The topological polar surface area (TPSA) is 143 Å². The number of hydrogen-bond acceptors (Lipinski definition) is 9. The van der Waals surface area contributed by atoms with Crippen LogP contribution in [0.25, 0.3) is 6.08 Å². The molecular formula is C39H40N4O7S2. The molecule has 1 aliphatic heterocycles. The van der Waals surface area contributed by atoms with Crippen molar-refractivity contribution >= 4 is 69.6 Å². The second kappa shape index (κ2) is 17.2.